The van der Waals surface area contributed by atoms with E-state index in [1.54, 1.807) is 11.7 Å². The largest absolute Gasteiger partial charge is 0.396 e. The highest BCUT2D eigenvalue weighted by molar-refractivity contribution is 9.10. The first-order valence-corrected chi connectivity index (χ1v) is 3.70. The molecule has 1 N–H and O–H groups in total. The van der Waals surface area contributed by atoms with E-state index in [1.807, 2.05) is 0 Å². The van der Waals surface area contributed by atoms with E-state index in [0.717, 1.165) is 5.69 Å². The molecule has 0 amide bonds. The molecule has 0 bridgehead atoms. The third-order valence-electron chi connectivity index (χ3n) is 1.24. The van der Waals surface area contributed by atoms with Gasteiger partial charge in [0.25, 0.3) is 0 Å². The van der Waals surface area contributed by atoms with E-state index in [0.29, 0.717) is 11.0 Å². The van der Waals surface area contributed by atoms with Crippen molar-refractivity contribution in [3.05, 3.63) is 10.3 Å². The number of hydrogen-bond donors (Lipinski definition) is 1. The van der Waals surface area contributed by atoms with Crippen molar-refractivity contribution in [3.63, 3.8) is 0 Å². The summed E-state index contributed by atoms with van der Waals surface area (Å²) < 4.78 is 2.35. The van der Waals surface area contributed by atoms with Crippen molar-refractivity contribution in [2.24, 2.45) is 7.05 Å². The SMILES string of the molecule is Cn1nnc(Br)c1CCO. The van der Waals surface area contributed by atoms with Crippen LogP contribution < -0.4 is 0 Å². The van der Waals surface area contributed by atoms with Crippen molar-refractivity contribution in [1.29, 1.82) is 0 Å². The molecule has 1 aromatic rings. The van der Waals surface area contributed by atoms with Crippen molar-refractivity contribution in [1.82, 2.24) is 15.0 Å². The monoisotopic (exact) mass is 205 g/mol. The highest BCUT2D eigenvalue weighted by Crippen LogP contribution is 2.11. The molecule has 0 aromatic carbocycles. The second kappa shape index (κ2) is 3.12. The van der Waals surface area contributed by atoms with Gasteiger partial charge in [-0.15, -0.1) is 5.10 Å². The predicted octanol–water partition coefficient (Wildman–Crippen LogP) is 0.112. The smallest absolute Gasteiger partial charge is 0.151 e. The van der Waals surface area contributed by atoms with Gasteiger partial charge in [0.2, 0.25) is 0 Å². The molecule has 5 heteroatoms. The van der Waals surface area contributed by atoms with Gasteiger partial charge in [-0.05, 0) is 15.9 Å². The molecule has 0 aliphatic carbocycles. The van der Waals surface area contributed by atoms with E-state index in [1.165, 1.54) is 0 Å². The van der Waals surface area contributed by atoms with E-state index in [-0.39, 0.29) is 6.61 Å². The van der Waals surface area contributed by atoms with Crippen LogP contribution in [0.2, 0.25) is 0 Å². The molecular weight excluding hydrogens is 198 g/mol. The van der Waals surface area contributed by atoms with Crippen LogP contribution in [0.5, 0.6) is 0 Å². The number of nitrogens with zero attached hydrogens (tertiary/aromatic N) is 3. The molecule has 0 saturated carbocycles. The lowest BCUT2D eigenvalue weighted by Gasteiger charge is -1.95. The number of halogens is 1. The van der Waals surface area contributed by atoms with Crippen LogP contribution in [0.1, 0.15) is 5.69 Å². The van der Waals surface area contributed by atoms with Crippen LogP contribution in [-0.2, 0) is 13.5 Å². The lowest BCUT2D eigenvalue weighted by molar-refractivity contribution is 0.296. The first-order valence-electron chi connectivity index (χ1n) is 2.90. The standard InChI is InChI=1S/C5H8BrN3O/c1-9-4(2-3-10)5(6)7-8-9/h10H,2-3H2,1H3. The van der Waals surface area contributed by atoms with Gasteiger partial charge in [0, 0.05) is 20.1 Å². The fourth-order valence-electron chi connectivity index (χ4n) is 0.722. The lowest BCUT2D eigenvalue weighted by atomic mass is 10.3. The van der Waals surface area contributed by atoms with Crippen molar-refractivity contribution in [2.75, 3.05) is 6.61 Å². The van der Waals surface area contributed by atoms with Gasteiger partial charge >= 0.3 is 0 Å². The maximum absolute atomic E-state index is 8.60. The zero-order valence-electron chi connectivity index (χ0n) is 5.58. The van der Waals surface area contributed by atoms with E-state index in [2.05, 4.69) is 26.2 Å². The van der Waals surface area contributed by atoms with Gasteiger partial charge in [0.05, 0.1) is 5.69 Å². The number of aromatic nitrogens is 3. The summed E-state index contributed by atoms with van der Waals surface area (Å²) in [6.07, 6.45) is 0.587. The van der Waals surface area contributed by atoms with Gasteiger partial charge in [-0.3, -0.25) is 4.68 Å². The third-order valence-corrected chi connectivity index (χ3v) is 1.86. The van der Waals surface area contributed by atoms with Gasteiger partial charge < -0.3 is 5.11 Å². The second-order valence-corrected chi connectivity index (χ2v) is 2.68. The molecule has 0 saturated heterocycles. The Bertz CT molecular complexity index is 203. The van der Waals surface area contributed by atoms with Gasteiger partial charge in [-0.25, -0.2) is 0 Å². The Morgan fingerprint density at radius 2 is 2.40 bits per heavy atom. The van der Waals surface area contributed by atoms with Gasteiger partial charge in [-0.2, -0.15) is 0 Å². The zero-order valence-corrected chi connectivity index (χ0v) is 7.17. The highest BCUT2D eigenvalue weighted by Gasteiger charge is 2.05. The minimum atomic E-state index is 0.125. The van der Waals surface area contributed by atoms with Crippen LogP contribution in [0, 0.1) is 0 Å². The number of aryl methyl sites for hydroxylation is 1. The van der Waals surface area contributed by atoms with Crippen LogP contribution in [0.4, 0.5) is 0 Å². The van der Waals surface area contributed by atoms with Crippen molar-refractivity contribution in [3.8, 4) is 0 Å². The third kappa shape index (κ3) is 1.35. The van der Waals surface area contributed by atoms with Crippen molar-refractivity contribution >= 4 is 15.9 Å². The Hall–Kier alpha value is -0.420. The van der Waals surface area contributed by atoms with Crippen LogP contribution in [0.3, 0.4) is 0 Å². The molecule has 0 unspecified atom stereocenters. The van der Waals surface area contributed by atoms with Crippen molar-refractivity contribution in [2.45, 2.75) is 6.42 Å². The van der Waals surface area contributed by atoms with Crippen LogP contribution in [0.15, 0.2) is 4.60 Å². The number of aliphatic hydroxyl groups is 1. The molecule has 0 aliphatic heterocycles. The number of rotatable bonds is 2. The minimum Gasteiger partial charge on any atom is -0.396 e. The molecule has 1 rings (SSSR count). The van der Waals surface area contributed by atoms with E-state index in [9.17, 15) is 0 Å². The Morgan fingerprint density at radius 1 is 1.70 bits per heavy atom. The van der Waals surface area contributed by atoms with E-state index in [4.69, 9.17) is 5.11 Å². The molecule has 56 valence electrons. The maximum Gasteiger partial charge on any atom is 0.151 e. The summed E-state index contributed by atoms with van der Waals surface area (Å²) in [5.41, 5.74) is 0.919. The molecule has 0 spiro atoms. The normalized spacial score (nSPS) is 10.3. The van der Waals surface area contributed by atoms with E-state index < -0.39 is 0 Å². The first-order chi connectivity index (χ1) is 4.75. The molecule has 0 atom stereocenters. The molecule has 1 heterocycles. The zero-order chi connectivity index (χ0) is 7.56. The Kier molecular flexibility index (Phi) is 2.39. The molecule has 0 radical (unpaired) electrons. The topological polar surface area (TPSA) is 50.9 Å². The average Bonchev–Trinajstić information content (AvgIpc) is 2.20. The summed E-state index contributed by atoms with van der Waals surface area (Å²) >= 11 is 3.21. The Morgan fingerprint density at radius 3 is 2.80 bits per heavy atom. The molecular formula is C5H8BrN3O. The van der Waals surface area contributed by atoms with Crippen molar-refractivity contribution < 1.29 is 5.11 Å². The molecule has 0 aliphatic rings. The predicted molar refractivity (Wildman–Crippen MR) is 39.5 cm³/mol. The average molecular weight is 206 g/mol. The second-order valence-electron chi connectivity index (χ2n) is 1.92. The molecule has 1 aromatic heterocycles. The van der Waals surface area contributed by atoms with Crippen LogP contribution in [-0.4, -0.2) is 26.7 Å². The first kappa shape index (κ1) is 7.68. The molecule has 10 heavy (non-hydrogen) atoms. The fourth-order valence-corrected chi connectivity index (χ4v) is 1.25. The molecule has 4 nitrogen and oxygen atoms in total. The summed E-state index contributed by atoms with van der Waals surface area (Å²) in [4.78, 5) is 0. The summed E-state index contributed by atoms with van der Waals surface area (Å²) in [6.45, 7) is 0.125. The fraction of sp³-hybridized carbons (Fsp3) is 0.600. The quantitative estimate of drug-likeness (QED) is 0.747. The minimum absolute atomic E-state index is 0.125. The summed E-state index contributed by atoms with van der Waals surface area (Å²) in [5, 5.41) is 16.1. The Labute approximate surface area is 67.0 Å². The highest BCUT2D eigenvalue weighted by atomic mass is 79.9. The maximum atomic E-state index is 8.60. The molecule has 0 fully saturated rings. The van der Waals surface area contributed by atoms with Crippen LogP contribution in [0.25, 0.3) is 0 Å². The van der Waals surface area contributed by atoms with E-state index >= 15 is 0 Å². The summed E-state index contributed by atoms with van der Waals surface area (Å²) in [6, 6.07) is 0. The Balaban J connectivity index is 2.87. The lowest BCUT2D eigenvalue weighted by Crippen LogP contribution is -2.00. The summed E-state index contributed by atoms with van der Waals surface area (Å²) in [5.74, 6) is 0. The number of aliphatic hydroxyl groups excluding tert-OH is 1. The van der Waals surface area contributed by atoms with Crippen LogP contribution >= 0.6 is 15.9 Å². The summed E-state index contributed by atoms with van der Waals surface area (Å²) in [7, 11) is 1.79. The van der Waals surface area contributed by atoms with Gasteiger partial charge in [0.1, 0.15) is 0 Å². The number of hydrogen-bond acceptors (Lipinski definition) is 3. The van der Waals surface area contributed by atoms with Gasteiger partial charge in [0.15, 0.2) is 4.60 Å². The van der Waals surface area contributed by atoms with Gasteiger partial charge in [-0.1, -0.05) is 5.21 Å².